The van der Waals surface area contributed by atoms with Gasteiger partial charge in [0.1, 0.15) is 0 Å². The van der Waals surface area contributed by atoms with Crippen molar-refractivity contribution in [2.24, 2.45) is 0 Å². The lowest BCUT2D eigenvalue weighted by Crippen LogP contribution is -2.11. The molecule has 2 aromatic carbocycles. The lowest BCUT2D eigenvalue weighted by Gasteiger charge is -2.09. The summed E-state index contributed by atoms with van der Waals surface area (Å²) in [6.45, 7) is 0. The molecule has 0 saturated heterocycles. The van der Waals surface area contributed by atoms with Gasteiger partial charge in [0.25, 0.3) is 0 Å². The maximum Gasteiger partial charge on any atom is 0.343 e. The fourth-order valence-electron chi connectivity index (χ4n) is 2.35. The first-order chi connectivity index (χ1) is 12.2. The van der Waals surface area contributed by atoms with Crippen molar-refractivity contribution in [3.05, 3.63) is 88.0 Å². The lowest BCUT2D eigenvalue weighted by molar-refractivity contribution is -0.136. The topological polar surface area (TPSA) is 52.6 Å². The van der Waals surface area contributed by atoms with Gasteiger partial charge >= 0.3 is 11.9 Å². The van der Waals surface area contributed by atoms with Crippen molar-refractivity contribution in [2.75, 3.05) is 12.9 Å². The highest BCUT2D eigenvalue weighted by atomic mass is 32.2. The molecule has 0 radical (unpaired) electrons. The normalized spacial score (nSPS) is 15.3. The first-order valence-corrected chi connectivity index (χ1v) is 8.66. The predicted molar refractivity (Wildman–Crippen MR) is 97.8 cm³/mol. The fraction of sp³-hybridized carbons (Fsp3) is 0.100. The molecule has 1 heterocycles. The molecule has 0 amide bonds. The number of esters is 2. The van der Waals surface area contributed by atoms with Gasteiger partial charge in [-0.05, 0) is 23.8 Å². The van der Waals surface area contributed by atoms with E-state index in [2.05, 4.69) is 0 Å². The van der Waals surface area contributed by atoms with Crippen molar-refractivity contribution < 1.29 is 19.1 Å². The van der Waals surface area contributed by atoms with Crippen LogP contribution in [0.3, 0.4) is 0 Å². The Morgan fingerprint density at radius 3 is 2.24 bits per heavy atom. The molecule has 0 bridgehead atoms. The van der Waals surface area contributed by atoms with Gasteiger partial charge in [-0.15, -0.1) is 11.8 Å². The molecule has 0 unspecified atom stereocenters. The first kappa shape index (κ1) is 17.0. The zero-order chi connectivity index (χ0) is 17.6. The van der Waals surface area contributed by atoms with E-state index in [-0.39, 0.29) is 5.76 Å². The number of hydrogen-bond acceptors (Lipinski definition) is 5. The molecule has 0 N–H and O–H groups in total. The number of carbonyl (C=O) groups is 2. The van der Waals surface area contributed by atoms with Gasteiger partial charge in [0, 0.05) is 5.75 Å². The summed E-state index contributed by atoms with van der Waals surface area (Å²) in [5, 5.41) is 0. The minimum absolute atomic E-state index is 0.273. The first-order valence-electron chi connectivity index (χ1n) is 7.67. The molecule has 5 heteroatoms. The van der Waals surface area contributed by atoms with Crippen molar-refractivity contribution in [2.45, 2.75) is 0 Å². The molecule has 4 nitrogen and oxygen atoms in total. The van der Waals surface area contributed by atoms with Crippen molar-refractivity contribution in [3.63, 3.8) is 0 Å². The van der Waals surface area contributed by atoms with Gasteiger partial charge < -0.3 is 9.47 Å². The standard InChI is InChI=1S/C20H16O4S/c1-23-20(22)16-13-25-17(12-14-8-4-2-5-9-14)18(16)24-19(21)15-10-6-3-7-11-15/h2-12H,13H2,1H3/b17-12-. The molecule has 0 aliphatic carbocycles. The average molecular weight is 352 g/mol. The van der Waals surface area contributed by atoms with Crippen LogP contribution in [0.5, 0.6) is 0 Å². The largest absolute Gasteiger partial charge is 0.466 e. The van der Waals surface area contributed by atoms with Gasteiger partial charge in [0.05, 0.1) is 23.2 Å². The van der Waals surface area contributed by atoms with E-state index in [9.17, 15) is 9.59 Å². The van der Waals surface area contributed by atoms with E-state index in [4.69, 9.17) is 9.47 Å². The smallest absolute Gasteiger partial charge is 0.343 e. The van der Waals surface area contributed by atoms with Crippen molar-refractivity contribution >= 4 is 29.8 Å². The summed E-state index contributed by atoms with van der Waals surface area (Å²) in [6.07, 6.45) is 1.90. The summed E-state index contributed by atoms with van der Waals surface area (Å²) in [5.41, 5.74) is 1.75. The Hall–Kier alpha value is -2.79. The molecule has 0 fully saturated rings. The van der Waals surface area contributed by atoms with E-state index >= 15 is 0 Å². The summed E-state index contributed by atoms with van der Waals surface area (Å²) in [7, 11) is 1.32. The van der Waals surface area contributed by atoms with Crippen LogP contribution >= 0.6 is 11.8 Å². The van der Waals surface area contributed by atoms with Crippen LogP contribution < -0.4 is 0 Å². The van der Waals surface area contributed by atoms with Crippen LogP contribution in [-0.4, -0.2) is 24.8 Å². The van der Waals surface area contributed by atoms with Crippen LogP contribution in [0.1, 0.15) is 15.9 Å². The highest BCUT2D eigenvalue weighted by Gasteiger charge is 2.30. The second kappa shape index (κ2) is 7.85. The van der Waals surface area contributed by atoms with E-state index < -0.39 is 11.9 Å². The van der Waals surface area contributed by atoms with Crippen molar-refractivity contribution in [1.82, 2.24) is 0 Å². The third-order valence-corrected chi connectivity index (χ3v) is 4.65. The van der Waals surface area contributed by atoms with Crippen molar-refractivity contribution in [3.8, 4) is 0 Å². The van der Waals surface area contributed by atoms with Gasteiger partial charge in [0.2, 0.25) is 0 Å². The summed E-state index contributed by atoms with van der Waals surface area (Å²) in [5.74, 6) is -0.309. The molecule has 1 aliphatic heterocycles. The average Bonchev–Trinajstić information content (AvgIpc) is 3.05. The predicted octanol–water partition coefficient (Wildman–Crippen LogP) is 4.06. The Morgan fingerprint density at radius 2 is 1.60 bits per heavy atom. The summed E-state index contributed by atoms with van der Waals surface area (Å²) >= 11 is 1.44. The SMILES string of the molecule is COC(=O)C1=C(OC(=O)c2ccccc2)/C(=C/c2ccccc2)SC1. The number of hydrogen-bond donors (Lipinski definition) is 0. The van der Waals surface area contributed by atoms with Gasteiger partial charge in [-0.1, -0.05) is 48.5 Å². The molecule has 25 heavy (non-hydrogen) atoms. The third-order valence-electron chi connectivity index (χ3n) is 3.60. The van der Waals surface area contributed by atoms with E-state index in [0.717, 1.165) is 10.5 Å². The molecular formula is C20H16O4S. The molecule has 1 aliphatic rings. The third kappa shape index (κ3) is 4.00. The zero-order valence-corrected chi connectivity index (χ0v) is 14.4. The Labute approximate surface area is 150 Å². The van der Waals surface area contributed by atoms with Gasteiger partial charge in [0.15, 0.2) is 5.76 Å². The summed E-state index contributed by atoms with van der Waals surface area (Å²) < 4.78 is 10.4. The number of carbonyl (C=O) groups excluding carboxylic acids is 2. The van der Waals surface area contributed by atoms with Gasteiger partial charge in [-0.3, -0.25) is 0 Å². The molecule has 0 saturated carbocycles. The molecule has 3 rings (SSSR count). The number of ether oxygens (including phenoxy) is 2. The zero-order valence-electron chi connectivity index (χ0n) is 13.6. The highest BCUT2D eigenvalue weighted by molar-refractivity contribution is 8.04. The number of rotatable bonds is 4. The minimum Gasteiger partial charge on any atom is -0.466 e. The molecular weight excluding hydrogens is 336 g/mol. The van der Waals surface area contributed by atoms with Crippen molar-refractivity contribution in [1.29, 1.82) is 0 Å². The Kier molecular flexibility index (Phi) is 5.36. The molecule has 2 aromatic rings. The quantitative estimate of drug-likeness (QED) is 0.777. The Bertz CT molecular complexity index is 839. The molecule has 0 atom stereocenters. The Morgan fingerprint density at radius 1 is 0.960 bits per heavy atom. The van der Waals surface area contributed by atoms with E-state index in [1.54, 1.807) is 24.3 Å². The second-order valence-electron chi connectivity index (χ2n) is 5.26. The molecule has 0 spiro atoms. The molecule has 0 aromatic heterocycles. The molecule has 126 valence electrons. The van der Waals surface area contributed by atoms with Crippen LogP contribution in [-0.2, 0) is 14.3 Å². The summed E-state index contributed by atoms with van der Waals surface area (Å²) in [4.78, 5) is 25.2. The Balaban J connectivity index is 1.95. The lowest BCUT2D eigenvalue weighted by atomic mass is 10.1. The van der Waals surface area contributed by atoms with Crippen LogP contribution in [0.15, 0.2) is 76.9 Å². The number of methoxy groups -OCH3 is 1. The minimum atomic E-state index is -0.501. The van der Waals surface area contributed by atoms with E-state index in [0.29, 0.717) is 16.9 Å². The second-order valence-corrected chi connectivity index (χ2v) is 6.28. The fourth-order valence-corrected chi connectivity index (χ4v) is 3.41. The number of thioether (sulfide) groups is 1. The number of benzene rings is 2. The van der Waals surface area contributed by atoms with Crippen LogP contribution in [0.25, 0.3) is 6.08 Å². The van der Waals surface area contributed by atoms with Crippen LogP contribution in [0.2, 0.25) is 0 Å². The van der Waals surface area contributed by atoms with Crippen LogP contribution in [0.4, 0.5) is 0 Å². The van der Waals surface area contributed by atoms with Crippen LogP contribution in [0, 0.1) is 0 Å². The monoisotopic (exact) mass is 352 g/mol. The maximum atomic E-state index is 12.4. The van der Waals surface area contributed by atoms with Gasteiger partial charge in [-0.25, -0.2) is 9.59 Å². The maximum absolute atomic E-state index is 12.4. The van der Waals surface area contributed by atoms with E-state index in [1.807, 2.05) is 42.5 Å². The van der Waals surface area contributed by atoms with E-state index in [1.165, 1.54) is 18.9 Å². The highest BCUT2D eigenvalue weighted by Crippen LogP contribution is 2.39. The van der Waals surface area contributed by atoms with Gasteiger partial charge in [-0.2, -0.15) is 0 Å². The summed E-state index contributed by atoms with van der Waals surface area (Å²) in [6, 6.07) is 18.3.